The van der Waals surface area contributed by atoms with Crippen molar-refractivity contribution in [2.45, 2.75) is 24.6 Å². The number of nitrogens with zero attached hydrogens (tertiary/aromatic N) is 3. The number of benzene rings is 2. The predicted molar refractivity (Wildman–Crippen MR) is 109 cm³/mol. The second-order valence-corrected chi connectivity index (χ2v) is 7.45. The largest absolute Gasteiger partial charge is 0.494 e. The fraction of sp³-hybridized carbons (Fsp3) is 0.333. The number of ether oxygens (including phenoxy) is 3. The van der Waals surface area contributed by atoms with Crippen LogP contribution in [-0.4, -0.2) is 46.6 Å². The minimum Gasteiger partial charge on any atom is -0.494 e. The molecule has 1 aromatic heterocycles. The van der Waals surface area contributed by atoms with Crippen molar-refractivity contribution in [3.8, 4) is 22.8 Å². The van der Waals surface area contributed by atoms with E-state index in [9.17, 15) is 4.39 Å². The number of halogens is 1. The second kappa shape index (κ2) is 9.39. The lowest BCUT2D eigenvalue weighted by Crippen LogP contribution is -2.25. The molecule has 29 heavy (non-hydrogen) atoms. The van der Waals surface area contributed by atoms with E-state index in [2.05, 4.69) is 10.2 Å². The molecule has 0 spiro atoms. The van der Waals surface area contributed by atoms with Crippen molar-refractivity contribution < 1.29 is 18.6 Å². The van der Waals surface area contributed by atoms with E-state index >= 15 is 0 Å². The molecule has 4 rings (SSSR count). The maximum atomic E-state index is 14.6. The van der Waals surface area contributed by atoms with E-state index in [-0.39, 0.29) is 11.9 Å². The molecule has 1 aliphatic rings. The third kappa shape index (κ3) is 4.60. The van der Waals surface area contributed by atoms with Crippen LogP contribution in [-0.2, 0) is 9.47 Å². The molecule has 0 saturated carbocycles. The number of para-hydroxylation sites is 1. The van der Waals surface area contributed by atoms with Crippen LogP contribution < -0.4 is 4.74 Å². The van der Waals surface area contributed by atoms with E-state index in [0.717, 1.165) is 17.7 Å². The van der Waals surface area contributed by atoms with Crippen molar-refractivity contribution in [1.29, 1.82) is 0 Å². The van der Waals surface area contributed by atoms with Crippen LogP contribution in [0, 0.1) is 5.82 Å². The number of hydrogen-bond donors (Lipinski definition) is 0. The van der Waals surface area contributed by atoms with Gasteiger partial charge < -0.3 is 14.2 Å². The SMILES string of the molecule is CCOc1ccc(-c2nnc(SC[C@H]3CCOCO3)n2-c2ccccc2F)cc1. The van der Waals surface area contributed by atoms with Crippen LogP contribution in [0.5, 0.6) is 5.75 Å². The Morgan fingerprint density at radius 1 is 1.17 bits per heavy atom. The number of aromatic nitrogens is 3. The molecule has 1 fully saturated rings. The third-order valence-electron chi connectivity index (χ3n) is 4.52. The summed E-state index contributed by atoms with van der Waals surface area (Å²) in [6, 6.07) is 14.2. The molecule has 152 valence electrons. The molecule has 2 heterocycles. The molecule has 0 bridgehead atoms. The highest BCUT2D eigenvalue weighted by Gasteiger charge is 2.21. The van der Waals surface area contributed by atoms with Gasteiger partial charge in [-0.25, -0.2) is 4.39 Å². The van der Waals surface area contributed by atoms with Gasteiger partial charge in [-0.05, 0) is 49.7 Å². The van der Waals surface area contributed by atoms with Gasteiger partial charge in [-0.3, -0.25) is 4.57 Å². The van der Waals surface area contributed by atoms with E-state index in [1.165, 1.54) is 17.8 Å². The Labute approximate surface area is 173 Å². The lowest BCUT2D eigenvalue weighted by atomic mass is 10.2. The van der Waals surface area contributed by atoms with Gasteiger partial charge in [0.05, 0.1) is 25.0 Å². The average molecular weight is 415 g/mol. The van der Waals surface area contributed by atoms with Gasteiger partial charge in [-0.2, -0.15) is 0 Å². The van der Waals surface area contributed by atoms with Gasteiger partial charge in [0.2, 0.25) is 0 Å². The minimum atomic E-state index is -0.330. The van der Waals surface area contributed by atoms with Gasteiger partial charge in [0.15, 0.2) is 11.0 Å². The topological polar surface area (TPSA) is 58.4 Å². The van der Waals surface area contributed by atoms with Crippen LogP contribution >= 0.6 is 11.8 Å². The van der Waals surface area contributed by atoms with E-state index in [4.69, 9.17) is 14.2 Å². The maximum absolute atomic E-state index is 14.6. The van der Waals surface area contributed by atoms with Crippen LogP contribution in [0.15, 0.2) is 53.7 Å². The Balaban J connectivity index is 1.67. The summed E-state index contributed by atoms with van der Waals surface area (Å²) in [5.74, 6) is 1.72. The van der Waals surface area contributed by atoms with E-state index in [1.807, 2.05) is 31.2 Å². The molecule has 8 heteroatoms. The van der Waals surface area contributed by atoms with E-state index in [1.54, 1.807) is 22.8 Å². The molecule has 1 atom stereocenters. The monoisotopic (exact) mass is 415 g/mol. The van der Waals surface area contributed by atoms with Gasteiger partial charge in [0.25, 0.3) is 0 Å². The van der Waals surface area contributed by atoms with E-state index < -0.39 is 0 Å². The number of thioether (sulfide) groups is 1. The Morgan fingerprint density at radius 2 is 2.00 bits per heavy atom. The molecule has 3 aromatic rings. The molecule has 0 radical (unpaired) electrons. The van der Waals surface area contributed by atoms with Gasteiger partial charge in [0, 0.05) is 11.3 Å². The average Bonchev–Trinajstić information content (AvgIpc) is 3.18. The predicted octanol–water partition coefficient (Wildman–Crippen LogP) is 4.33. The van der Waals surface area contributed by atoms with Crippen LogP contribution in [0.25, 0.3) is 17.1 Å². The van der Waals surface area contributed by atoms with Crippen LogP contribution in [0.2, 0.25) is 0 Å². The summed E-state index contributed by atoms with van der Waals surface area (Å²) < 4.78 is 32.7. The lowest BCUT2D eigenvalue weighted by molar-refractivity contribution is -0.130. The standard InChI is InChI=1S/C21H22FN3O3S/c1-2-27-16-9-7-15(8-10-16)20-23-24-21(29-13-17-11-12-26-14-28-17)25(20)19-6-4-3-5-18(19)22/h3-10,17H,2,11-14H2,1H3/t17-/m1/s1. The van der Waals surface area contributed by atoms with Gasteiger partial charge in [0.1, 0.15) is 18.4 Å². The zero-order valence-corrected chi connectivity index (χ0v) is 16.9. The minimum absolute atomic E-state index is 0.0773. The van der Waals surface area contributed by atoms with Crippen molar-refractivity contribution in [2.75, 3.05) is 25.8 Å². The van der Waals surface area contributed by atoms with Crippen molar-refractivity contribution >= 4 is 11.8 Å². The summed E-state index contributed by atoms with van der Waals surface area (Å²) in [6.07, 6.45) is 0.903. The molecule has 1 saturated heterocycles. The lowest BCUT2D eigenvalue weighted by Gasteiger charge is -2.22. The molecular weight excluding hydrogens is 393 g/mol. The molecule has 0 unspecified atom stereocenters. The summed E-state index contributed by atoms with van der Waals surface area (Å²) in [5.41, 5.74) is 1.25. The molecule has 6 nitrogen and oxygen atoms in total. The summed E-state index contributed by atoms with van der Waals surface area (Å²) in [4.78, 5) is 0. The van der Waals surface area contributed by atoms with Crippen molar-refractivity contribution in [2.24, 2.45) is 0 Å². The molecular formula is C21H22FN3O3S. The molecule has 2 aromatic carbocycles. The van der Waals surface area contributed by atoms with Crippen LogP contribution in [0.1, 0.15) is 13.3 Å². The fourth-order valence-electron chi connectivity index (χ4n) is 3.07. The Bertz CT molecular complexity index is 943. The summed E-state index contributed by atoms with van der Waals surface area (Å²) >= 11 is 1.50. The highest BCUT2D eigenvalue weighted by Crippen LogP contribution is 2.31. The fourth-order valence-corrected chi connectivity index (χ4v) is 4.08. The Morgan fingerprint density at radius 3 is 2.72 bits per heavy atom. The highest BCUT2D eigenvalue weighted by atomic mass is 32.2. The normalized spacial score (nSPS) is 16.7. The number of hydrogen-bond acceptors (Lipinski definition) is 6. The van der Waals surface area contributed by atoms with Crippen molar-refractivity contribution in [3.63, 3.8) is 0 Å². The smallest absolute Gasteiger partial charge is 0.196 e. The molecule has 1 aliphatic heterocycles. The summed E-state index contributed by atoms with van der Waals surface area (Å²) in [7, 11) is 0. The zero-order chi connectivity index (χ0) is 20.1. The molecule has 0 aliphatic carbocycles. The summed E-state index contributed by atoms with van der Waals surface area (Å²) in [5, 5.41) is 9.33. The first kappa shape index (κ1) is 19.9. The quantitative estimate of drug-likeness (QED) is 0.536. The number of rotatable bonds is 7. The second-order valence-electron chi connectivity index (χ2n) is 6.46. The van der Waals surface area contributed by atoms with E-state index in [0.29, 0.717) is 42.4 Å². The Hall–Kier alpha value is -2.42. The first-order chi connectivity index (χ1) is 14.3. The first-order valence-corrected chi connectivity index (χ1v) is 10.5. The van der Waals surface area contributed by atoms with Crippen LogP contribution in [0.4, 0.5) is 4.39 Å². The first-order valence-electron chi connectivity index (χ1n) is 9.52. The van der Waals surface area contributed by atoms with Crippen molar-refractivity contribution in [3.05, 3.63) is 54.3 Å². The molecule has 0 N–H and O–H groups in total. The summed E-state index contributed by atoms with van der Waals surface area (Å²) in [6.45, 7) is 3.53. The van der Waals surface area contributed by atoms with Gasteiger partial charge in [-0.1, -0.05) is 23.9 Å². The van der Waals surface area contributed by atoms with Crippen LogP contribution in [0.3, 0.4) is 0 Å². The highest BCUT2D eigenvalue weighted by molar-refractivity contribution is 7.99. The zero-order valence-electron chi connectivity index (χ0n) is 16.1. The maximum Gasteiger partial charge on any atom is 0.196 e. The third-order valence-corrected chi connectivity index (χ3v) is 5.58. The van der Waals surface area contributed by atoms with Gasteiger partial charge in [-0.15, -0.1) is 10.2 Å². The molecule has 0 amide bonds. The van der Waals surface area contributed by atoms with Crippen molar-refractivity contribution in [1.82, 2.24) is 14.8 Å². The Kier molecular flexibility index (Phi) is 6.43. The van der Waals surface area contributed by atoms with Gasteiger partial charge >= 0.3 is 0 Å².